The molecular weight excluding hydrogens is 429 g/mol. The average Bonchev–Trinajstić information content (AvgIpc) is 2.95. The molecule has 2 aromatic carbocycles. The molecule has 1 atom stereocenters. The van der Waals surface area contributed by atoms with Crippen molar-refractivity contribution in [1.82, 2.24) is 15.1 Å². The van der Waals surface area contributed by atoms with Crippen molar-refractivity contribution in [2.75, 3.05) is 20.2 Å². The maximum atomic E-state index is 13.2. The Balaban J connectivity index is 1.50. The van der Waals surface area contributed by atoms with Gasteiger partial charge in [0.05, 0.1) is 16.7 Å². The molecule has 0 radical (unpaired) electrons. The van der Waals surface area contributed by atoms with Gasteiger partial charge in [0, 0.05) is 25.6 Å². The molecule has 0 aromatic heterocycles. The molecule has 2 heterocycles. The maximum Gasteiger partial charge on any atom is 0.325 e. The molecule has 4 rings (SSSR count). The molecule has 0 aliphatic carbocycles. The van der Waals surface area contributed by atoms with Crippen molar-refractivity contribution in [2.24, 2.45) is 0 Å². The summed E-state index contributed by atoms with van der Waals surface area (Å²) in [4.78, 5) is 41.0. The Bertz CT molecular complexity index is 1040. The van der Waals surface area contributed by atoms with Gasteiger partial charge in [0.2, 0.25) is 5.91 Å². The number of imide groups is 1. The standard InChI is InChI=1S/C21H19Cl2N3O4/c1-25(11-13-6-7-15(22)16(23)10-13)18(27)12-26-19(28)21(24-20(26)29)8-9-30-17-5-3-2-4-14(17)21/h2-7,10H,8-9,11-12H2,1H3,(H,24,29). The number of carbonyl (C=O) groups is 3. The third-order valence-electron chi connectivity index (χ3n) is 5.38. The first-order chi connectivity index (χ1) is 14.3. The van der Waals surface area contributed by atoms with Gasteiger partial charge in [0.25, 0.3) is 5.91 Å². The SMILES string of the molecule is CN(Cc1ccc(Cl)c(Cl)c1)C(=O)CN1C(=O)NC2(CCOc3ccccc32)C1=O. The number of carbonyl (C=O) groups excluding carboxylic acids is 3. The van der Waals surface area contributed by atoms with Gasteiger partial charge in [-0.3, -0.25) is 14.5 Å². The lowest BCUT2D eigenvalue weighted by Crippen LogP contribution is -2.48. The molecule has 0 bridgehead atoms. The Morgan fingerprint density at radius 3 is 2.73 bits per heavy atom. The second-order valence-corrected chi connectivity index (χ2v) is 8.13. The Labute approximate surface area is 183 Å². The predicted molar refractivity (Wildman–Crippen MR) is 111 cm³/mol. The van der Waals surface area contributed by atoms with E-state index in [9.17, 15) is 14.4 Å². The Morgan fingerprint density at radius 2 is 1.97 bits per heavy atom. The van der Waals surface area contributed by atoms with E-state index in [4.69, 9.17) is 27.9 Å². The van der Waals surface area contributed by atoms with Crippen molar-refractivity contribution < 1.29 is 19.1 Å². The van der Waals surface area contributed by atoms with Crippen LogP contribution >= 0.6 is 23.2 Å². The van der Waals surface area contributed by atoms with E-state index in [1.807, 2.05) is 0 Å². The molecule has 1 fully saturated rings. The molecule has 2 aliphatic heterocycles. The van der Waals surface area contributed by atoms with Crippen molar-refractivity contribution >= 4 is 41.0 Å². The number of nitrogens with zero attached hydrogens (tertiary/aromatic N) is 2. The van der Waals surface area contributed by atoms with Gasteiger partial charge in [-0.25, -0.2) is 4.79 Å². The molecule has 156 valence electrons. The predicted octanol–water partition coefficient (Wildman–Crippen LogP) is 3.18. The third kappa shape index (κ3) is 3.48. The second-order valence-electron chi connectivity index (χ2n) is 7.32. The van der Waals surface area contributed by atoms with Crippen LogP contribution in [-0.2, 0) is 21.7 Å². The van der Waals surface area contributed by atoms with Gasteiger partial charge in [-0.05, 0) is 23.8 Å². The van der Waals surface area contributed by atoms with E-state index in [0.29, 0.717) is 34.4 Å². The number of benzene rings is 2. The molecule has 0 saturated carbocycles. The van der Waals surface area contributed by atoms with Crippen LogP contribution in [0.15, 0.2) is 42.5 Å². The highest BCUT2D eigenvalue weighted by molar-refractivity contribution is 6.42. The lowest BCUT2D eigenvalue weighted by Gasteiger charge is -2.33. The minimum atomic E-state index is -1.20. The number of nitrogens with one attached hydrogen (secondary N) is 1. The van der Waals surface area contributed by atoms with Crippen LogP contribution in [0.5, 0.6) is 5.75 Å². The molecule has 30 heavy (non-hydrogen) atoms. The smallest absolute Gasteiger partial charge is 0.325 e. The molecule has 2 aliphatic rings. The van der Waals surface area contributed by atoms with Gasteiger partial charge in [0.1, 0.15) is 12.3 Å². The number of ether oxygens (including phenoxy) is 1. The van der Waals surface area contributed by atoms with Crippen molar-refractivity contribution in [3.63, 3.8) is 0 Å². The highest BCUT2D eigenvalue weighted by Crippen LogP contribution is 2.40. The van der Waals surface area contributed by atoms with Crippen LogP contribution in [0.4, 0.5) is 4.79 Å². The number of fused-ring (bicyclic) bond motifs is 2. The highest BCUT2D eigenvalue weighted by atomic mass is 35.5. The number of rotatable bonds is 4. The molecule has 7 nitrogen and oxygen atoms in total. The molecule has 9 heteroatoms. The number of urea groups is 1. The summed E-state index contributed by atoms with van der Waals surface area (Å²) in [6.07, 6.45) is 0.304. The fourth-order valence-corrected chi connectivity index (χ4v) is 4.09. The van der Waals surface area contributed by atoms with Gasteiger partial charge < -0.3 is 15.0 Å². The normalized spacial score (nSPS) is 20.0. The van der Waals surface area contributed by atoms with E-state index < -0.39 is 17.5 Å². The number of para-hydroxylation sites is 1. The first kappa shape index (κ1) is 20.5. The lowest BCUT2D eigenvalue weighted by molar-refractivity contribution is -0.139. The Morgan fingerprint density at radius 1 is 1.20 bits per heavy atom. The monoisotopic (exact) mass is 447 g/mol. The van der Waals surface area contributed by atoms with Crippen molar-refractivity contribution in [3.8, 4) is 5.75 Å². The fraction of sp³-hybridized carbons (Fsp3) is 0.286. The third-order valence-corrected chi connectivity index (χ3v) is 6.12. The molecular formula is C21H19Cl2N3O4. The van der Waals surface area contributed by atoms with Crippen molar-refractivity contribution in [3.05, 3.63) is 63.6 Å². The number of hydrogen-bond donors (Lipinski definition) is 1. The maximum absolute atomic E-state index is 13.2. The van der Waals surface area contributed by atoms with Crippen LogP contribution in [0.3, 0.4) is 0 Å². The second kappa shape index (κ2) is 7.81. The molecule has 1 saturated heterocycles. The van der Waals surface area contributed by atoms with E-state index in [1.54, 1.807) is 49.5 Å². The average molecular weight is 448 g/mol. The molecule has 1 spiro atoms. The van der Waals surface area contributed by atoms with Crippen LogP contribution in [0, 0.1) is 0 Å². The zero-order valence-corrected chi connectivity index (χ0v) is 17.7. The topological polar surface area (TPSA) is 79.0 Å². The number of halogens is 2. The van der Waals surface area contributed by atoms with Crippen molar-refractivity contribution in [2.45, 2.75) is 18.5 Å². The summed E-state index contributed by atoms with van der Waals surface area (Å²) in [6.45, 7) is 0.205. The summed E-state index contributed by atoms with van der Waals surface area (Å²) in [6, 6.07) is 11.6. The van der Waals surface area contributed by atoms with E-state index >= 15 is 0 Å². The van der Waals surface area contributed by atoms with E-state index in [1.165, 1.54) is 4.90 Å². The van der Waals surface area contributed by atoms with Crippen LogP contribution in [-0.4, -0.2) is 47.8 Å². The minimum absolute atomic E-state index is 0.265. The zero-order chi connectivity index (χ0) is 21.5. The van der Waals surface area contributed by atoms with Crippen LogP contribution in [0.2, 0.25) is 10.0 Å². The minimum Gasteiger partial charge on any atom is -0.493 e. The molecule has 2 aromatic rings. The van der Waals surface area contributed by atoms with Gasteiger partial charge in [0.15, 0.2) is 5.54 Å². The zero-order valence-electron chi connectivity index (χ0n) is 16.2. The summed E-state index contributed by atoms with van der Waals surface area (Å²) < 4.78 is 5.62. The fourth-order valence-electron chi connectivity index (χ4n) is 3.77. The lowest BCUT2D eigenvalue weighted by atomic mass is 9.84. The Hall–Kier alpha value is -2.77. The van der Waals surface area contributed by atoms with Crippen LogP contribution in [0.1, 0.15) is 17.5 Å². The summed E-state index contributed by atoms with van der Waals surface area (Å²) in [5.41, 5.74) is 0.190. The molecule has 1 unspecified atom stereocenters. The molecule has 4 amide bonds. The van der Waals surface area contributed by atoms with Gasteiger partial charge in [-0.2, -0.15) is 0 Å². The van der Waals surface area contributed by atoms with Crippen molar-refractivity contribution in [1.29, 1.82) is 0 Å². The van der Waals surface area contributed by atoms with E-state index in [0.717, 1.165) is 10.5 Å². The van der Waals surface area contributed by atoms with Crippen LogP contribution < -0.4 is 10.1 Å². The van der Waals surface area contributed by atoms with E-state index in [-0.39, 0.29) is 19.0 Å². The summed E-state index contributed by atoms with van der Waals surface area (Å²) in [7, 11) is 1.60. The van der Waals surface area contributed by atoms with Crippen LogP contribution in [0.25, 0.3) is 0 Å². The van der Waals surface area contributed by atoms with Gasteiger partial charge in [-0.15, -0.1) is 0 Å². The largest absolute Gasteiger partial charge is 0.493 e. The first-order valence-corrected chi connectivity index (χ1v) is 10.1. The summed E-state index contributed by atoms with van der Waals surface area (Å²) in [5.74, 6) is -0.260. The number of likely N-dealkylation sites (N-methyl/N-ethyl adjacent to an activating group) is 1. The number of hydrogen-bond acceptors (Lipinski definition) is 4. The van der Waals surface area contributed by atoms with Gasteiger partial charge in [-0.1, -0.05) is 47.5 Å². The summed E-state index contributed by atoms with van der Waals surface area (Å²) >= 11 is 11.9. The van der Waals surface area contributed by atoms with Gasteiger partial charge >= 0.3 is 6.03 Å². The number of amides is 4. The molecule has 1 N–H and O–H groups in total. The Kier molecular flexibility index (Phi) is 5.34. The summed E-state index contributed by atoms with van der Waals surface area (Å²) in [5, 5.41) is 3.61. The highest BCUT2D eigenvalue weighted by Gasteiger charge is 2.55. The quantitative estimate of drug-likeness (QED) is 0.729. The van der Waals surface area contributed by atoms with E-state index in [2.05, 4.69) is 5.32 Å². The first-order valence-electron chi connectivity index (χ1n) is 9.36.